The van der Waals surface area contributed by atoms with Crippen LogP contribution in [0.4, 0.5) is 5.69 Å². The number of rotatable bonds is 10. The Morgan fingerprint density at radius 3 is 2.45 bits per heavy atom. The molecular weight excluding hydrogens is 416 g/mol. The second-order valence-corrected chi connectivity index (χ2v) is 9.02. The Morgan fingerprint density at radius 1 is 1.10 bits per heavy atom. The summed E-state index contributed by atoms with van der Waals surface area (Å²) in [5.41, 5.74) is 2.56. The van der Waals surface area contributed by atoms with Crippen molar-refractivity contribution in [1.82, 2.24) is 15.5 Å². The van der Waals surface area contributed by atoms with Crippen LogP contribution in [0.5, 0.6) is 0 Å². The molecule has 1 amide bonds. The average molecular weight is 443 g/mol. The fourth-order valence-corrected chi connectivity index (χ4v) is 4.03. The third kappa shape index (κ3) is 6.39. The van der Waals surface area contributed by atoms with Gasteiger partial charge in [0.15, 0.2) is 0 Å². The molecule has 0 aliphatic carbocycles. The van der Waals surface area contributed by atoms with E-state index < -0.39 is 10.0 Å². The summed E-state index contributed by atoms with van der Waals surface area (Å²) in [4.78, 5) is 16.4. The number of carbonyl (C=O) groups excluding carboxylic acids is 1. The first-order chi connectivity index (χ1) is 14.9. The number of aryl methyl sites for hydroxylation is 1. The molecule has 0 spiro atoms. The van der Waals surface area contributed by atoms with Crippen molar-refractivity contribution in [1.29, 1.82) is 0 Å². The molecule has 0 saturated heterocycles. The lowest BCUT2D eigenvalue weighted by molar-refractivity contribution is -0.121. The quantitative estimate of drug-likeness (QED) is 0.517. The van der Waals surface area contributed by atoms with Crippen LogP contribution in [0, 0.1) is 0 Å². The molecule has 0 aliphatic rings. The van der Waals surface area contributed by atoms with Gasteiger partial charge in [-0.25, -0.2) is 8.42 Å². The Labute approximate surface area is 182 Å². The highest BCUT2D eigenvalue weighted by molar-refractivity contribution is 7.92. The fourth-order valence-electron chi connectivity index (χ4n) is 3.06. The SMILES string of the molecule is CCc1ccc(N(CCCC(=O)NCc2nc(-c3ccccc3)no2)S(C)(=O)=O)cc1. The molecule has 0 unspecified atom stereocenters. The highest BCUT2D eigenvalue weighted by Crippen LogP contribution is 2.19. The molecule has 31 heavy (non-hydrogen) atoms. The maximum Gasteiger partial charge on any atom is 0.246 e. The van der Waals surface area contributed by atoms with Crippen LogP contribution in [0.3, 0.4) is 0 Å². The first-order valence-electron chi connectivity index (χ1n) is 10.1. The van der Waals surface area contributed by atoms with Crippen molar-refractivity contribution >= 4 is 21.6 Å². The van der Waals surface area contributed by atoms with Crippen LogP contribution in [0.2, 0.25) is 0 Å². The third-order valence-corrected chi connectivity index (χ3v) is 5.93. The summed E-state index contributed by atoms with van der Waals surface area (Å²) in [5.74, 6) is 0.554. The molecule has 0 aliphatic heterocycles. The van der Waals surface area contributed by atoms with Crippen LogP contribution >= 0.6 is 0 Å². The highest BCUT2D eigenvalue weighted by Gasteiger charge is 2.18. The molecule has 0 atom stereocenters. The zero-order chi connectivity index (χ0) is 22.3. The lowest BCUT2D eigenvalue weighted by Gasteiger charge is -2.22. The maximum absolute atomic E-state index is 12.2. The molecular formula is C22H26N4O4S. The van der Waals surface area contributed by atoms with Gasteiger partial charge in [0.25, 0.3) is 0 Å². The number of hydrogen-bond acceptors (Lipinski definition) is 6. The molecule has 3 rings (SSSR count). The number of sulfonamides is 1. The van der Waals surface area contributed by atoms with Crippen molar-refractivity contribution in [2.45, 2.75) is 32.7 Å². The van der Waals surface area contributed by atoms with Crippen LogP contribution < -0.4 is 9.62 Å². The summed E-state index contributed by atoms with van der Waals surface area (Å²) in [7, 11) is -3.45. The highest BCUT2D eigenvalue weighted by atomic mass is 32.2. The van der Waals surface area contributed by atoms with Gasteiger partial charge in [0.2, 0.25) is 27.6 Å². The van der Waals surface area contributed by atoms with Gasteiger partial charge in [0.05, 0.1) is 18.5 Å². The molecule has 9 heteroatoms. The third-order valence-electron chi connectivity index (χ3n) is 4.73. The van der Waals surface area contributed by atoms with Crippen LogP contribution in [0.25, 0.3) is 11.4 Å². The Kier molecular flexibility index (Phi) is 7.41. The lowest BCUT2D eigenvalue weighted by Crippen LogP contribution is -2.32. The first-order valence-corrected chi connectivity index (χ1v) is 11.9. The van der Waals surface area contributed by atoms with Gasteiger partial charge in [0.1, 0.15) is 0 Å². The summed E-state index contributed by atoms with van der Waals surface area (Å²) in [6, 6.07) is 16.8. The molecule has 2 aromatic carbocycles. The molecule has 1 N–H and O–H groups in total. The zero-order valence-electron chi connectivity index (χ0n) is 17.6. The molecule has 8 nitrogen and oxygen atoms in total. The van der Waals surface area contributed by atoms with E-state index in [1.54, 1.807) is 12.1 Å². The van der Waals surface area contributed by atoms with Crippen LogP contribution in [-0.2, 0) is 27.8 Å². The molecule has 0 radical (unpaired) electrons. The topological polar surface area (TPSA) is 105 Å². The number of benzene rings is 2. The van der Waals surface area contributed by atoms with Crippen molar-refractivity contribution in [2.24, 2.45) is 0 Å². The standard InChI is InChI=1S/C22H26N4O4S/c1-3-17-11-13-19(14-12-17)26(31(2,28)29)15-7-10-20(27)23-16-21-24-22(25-30-21)18-8-5-4-6-9-18/h4-6,8-9,11-14H,3,7,10,15-16H2,1-2H3,(H,23,27). The minimum absolute atomic E-state index is 0.118. The number of hydrogen-bond donors (Lipinski definition) is 1. The largest absolute Gasteiger partial charge is 0.347 e. The summed E-state index contributed by atoms with van der Waals surface area (Å²) in [6.07, 6.45) is 2.61. The minimum atomic E-state index is -3.45. The molecule has 0 bridgehead atoms. The number of carbonyl (C=O) groups is 1. The first kappa shape index (κ1) is 22.5. The van der Waals surface area contributed by atoms with Crippen molar-refractivity contribution in [3.63, 3.8) is 0 Å². The van der Waals surface area contributed by atoms with Gasteiger partial charge >= 0.3 is 0 Å². The van der Waals surface area contributed by atoms with Gasteiger partial charge in [-0.3, -0.25) is 9.10 Å². The van der Waals surface area contributed by atoms with Crippen LogP contribution in [0.15, 0.2) is 59.1 Å². The van der Waals surface area contributed by atoms with E-state index in [9.17, 15) is 13.2 Å². The Hall–Kier alpha value is -3.20. The van der Waals surface area contributed by atoms with E-state index in [1.165, 1.54) is 10.6 Å². The van der Waals surface area contributed by atoms with E-state index >= 15 is 0 Å². The van der Waals surface area contributed by atoms with Crippen LogP contribution in [0.1, 0.15) is 31.2 Å². The van der Waals surface area contributed by atoms with E-state index in [0.29, 0.717) is 23.8 Å². The predicted octanol–water partition coefficient (Wildman–Crippen LogP) is 3.16. The average Bonchev–Trinajstić information content (AvgIpc) is 3.24. The van der Waals surface area contributed by atoms with Gasteiger partial charge in [-0.2, -0.15) is 4.98 Å². The fraction of sp³-hybridized carbons (Fsp3) is 0.318. The molecule has 0 fully saturated rings. The van der Waals surface area contributed by atoms with E-state index in [2.05, 4.69) is 15.5 Å². The van der Waals surface area contributed by atoms with Crippen LogP contribution in [-0.4, -0.2) is 37.3 Å². The molecule has 3 aromatic rings. The van der Waals surface area contributed by atoms with Gasteiger partial charge < -0.3 is 9.84 Å². The second kappa shape index (κ2) is 10.2. The predicted molar refractivity (Wildman–Crippen MR) is 119 cm³/mol. The maximum atomic E-state index is 12.2. The molecule has 0 saturated carbocycles. The number of nitrogens with zero attached hydrogens (tertiary/aromatic N) is 3. The van der Waals surface area contributed by atoms with Crippen molar-refractivity contribution < 1.29 is 17.7 Å². The Morgan fingerprint density at radius 2 is 1.81 bits per heavy atom. The Bertz CT molecular complexity index is 1100. The molecule has 1 heterocycles. The van der Waals surface area contributed by atoms with Gasteiger partial charge in [0, 0.05) is 18.5 Å². The summed E-state index contributed by atoms with van der Waals surface area (Å²) >= 11 is 0. The van der Waals surface area contributed by atoms with E-state index in [1.807, 2.05) is 49.4 Å². The summed E-state index contributed by atoms with van der Waals surface area (Å²) in [5, 5.41) is 6.64. The van der Waals surface area contributed by atoms with Crippen molar-refractivity contribution in [3.05, 3.63) is 66.1 Å². The zero-order valence-corrected chi connectivity index (χ0v) is 18.4. The molecule has 1 aromatic heterocycles. The van der Waals surface area contributed by atoms with E-state index in [4.69, 9.17) is 4.52 Å². The summed E-state index contributed by atoms with van der Waals surface area (Å²) in [6.45, 7) is 2.38. The number of anilines is 1. The smallest absolute Gasteiger partial charge is 0.246 e. The lowest BCUT2D eigenvalue weighted by atomic mass is 10.1. The van der Waals surface area contributed by atoms with Crippen molar-refractivity contribution in [3.8, 4) is 11.4 Å². The number of aromatic nitrogens is 2. The normalized spacial score (nSPS) is 11.3. The second-order valence-electron chi connectivity index (χ2n) is 7.11. The minimum Gasteiger partial charge on any atom is -0.347 e. The monoisotopic (exact) mass is 442 g/mol. The van der Waals surface area contributed by atoms with Gasteiger partial charge in [-0.05, 0) is 30.5 Å². The summed E-state index contributed by atoms with van der Waals surface area (Å²) < 4.78 is 30.9. The van der Waals surface area contributed by atoms with E-state index in [0.717, 1.165) is 17.5 Å². The van der Waals surface area contributed by atoms with Gasteiger partial charge in [-0.15, -0.1) is 0 Å². The molecule has 164 valence electrons. The Balaban J connectivity index is 1.50. The van der Waals surface area contributed by atoms with Crippen molar-refractivity contribution in [2.75, 3.05) is 17.1 Å². The van der Waals surface area contributed by atoms with Gasteiger partial charge in [-0.1, -0.05) is 54.5 Å². The number of amides is 1. The van der Waals surface area contributed by atoms with E-state index in [-0.39, 0.29) is 25.4 Å². The number of nitrogens with one attached hydrogen (secondary N) is 1.